The number of unbranched alkanes of at least 4 members (excludes halogenated alkanes) is 1. The maximum Gasteiger partial charge on any atom is 0.191 e. The Labute approximate surface area is 131 Å². The van der Waals surface area contributed by atoms with Gasteiger partial charge in [-0.1, -0.05) is 27.2 Å². The summed E-state index contributed by atoms with van der Waals surface area (Å²) in [6.45, 7) is 15.6. The molecule has 21 heavy (non-hydrogen) atoms. The summed E-state index contributed by atoms with van der Waals surface area (Å²) in [6.07, 6.45) is 5.08. The van der Waals surface area contributed by atoms with Crippen LogP contribution < -0.4 is 10.6 Å². The van der Waals surface area contributed by atoms with Crippen molar-refractivity contribution >= 4 is 5.96 Å². The molecular weight excluding hydrogens is 260 g/mol. The number of guanidine groups is 1. The molecule has 1 aliphatic rings. The molecule has 2 N–H and O–H groups in total. The van der Waals surface area contributed by atoms with Crippen molar-refractivity contribution in [3.05, 3.63) is 0 Å². The second-order valence-corrected chi connectivity index (χ2v) is 6.66. The standard InChI is InChI=1S/C17H36N4/c1-5-7-10-19-17(18-6-2)20-12-16-9-8-11-21(14-16)13-15(3)4/h15-16H,5-14H2,1-4H3,(H2,18,19,20). The van der Waals surface area contributed by atoms with Crippen LogP contribution in [0.25, 0.3) is 0 Å². The Kier molecular flexibility index (Phi) is 9.48. The molecule has 1 heterocycles. The van der Waals surface area contributed by atoms with Crippen LogP contribution in [0, 0.1) is 11.8 Å². The molecule has 0 amide bonds. The van der Waals surface area contributed by atoms with Crippen LogP contribution in [-0.4, -0.2) is 50.1 Å². The molecule has 0 spiro atoms. The van der Waals surface area contributed by atoms with Crippen molar-refractivity contribution in [1.29, 1.82) is 0 Å². The van der Waals surface area contributed by atoms with E-state index in [0.29, 0.717) is 0 Å². The number of hydrogen-bond donors (Lipinski definition) is 2. The van der Waals surface area contributed by atoms with E-state index in [2.05, 4.69) is 43.2 Å². The minimum atomic E-state index is 0.721. The molecule has 4 nitrogen and oxygen atoms in total. The van der Waals surface area contributed by atoms with Gasteiger partial charge in [-0.15, -0.1) is 0 Å². The van der Waals surface area contributed by atoms with Gasteiger partial charge in [-0.3, -0.25) is 4.99 Å². The fourth-order valence-corrected chi connectivity index (χ4v) is 2.93. The largest absolute Gasteiger partial charge is 0.357 e. The van der Waals surface area contributed by atoms with Crippen LogP contribution in [0.15, 0.2) is 4.99 Å². The van der Waals surface area contributed by atoms with Gasteiger partial charge in [0.1, 0.15) is 0 Å². The predicted octanol–water partition coefficient (Wildman–Crippen LogP) is 2.71. The summed E-state index contributed by atoms with van der Waals surface area (Å²) in [7, 11) is 0. The van der Waals surface area contributed by atoms with E-state index in [-0.39, 0.29) is 0 Å². The number of likely N-dealkylation sites (tertiary alicyclic amines) is 1. The van der Waals surface area contributed by atoms with Gasteiger partial charge in [0.25, 0.3) is 0 Å². The van der Waals surface area contributed by atoms with E-state index in [1.807, 2.05) is 0 Å². The van der Waals surface area contributed by atoms with Gasteiger partial charge >= 0.3 is 0 Å². The molecule has 0 aromatic carbocycles. The van der Waals surface area contributed by atoms with Crippen molar-refractivity contribution in [2.24, 2.45) is 16.8 Å². The van der Waals surface area contributed by atoms with Crippen LogP contribution in [0.1, 0.15) is 53.4 Å². The van der Waals surface area contributed by atoms with Gasteiger partial charge in [0.2, 0.25) is 0 Å². The molecule has 0 aromatic rings. The fourth-order valence-electron chi connectivity index (χ4n) is 2.93. The third kappa shape index (κ3) is 8.30. The third-order valence-corrected chi connectivity index (χ3v) is 3.90. The first kappa shape index (κ1) is 18.3. The van der Waals surface area contributed by atoms with Crippen LogP contribution >= 0.6 is 0 Å². The number of rotatable bonds is 8. The van der Waals surface area contributed by atoms with E-state index < -0.39 is 0 Å². The lowest BCUT2D eigenvalue weighted by atomic mass is 9.97. The van der Waals surface area contributed by atoms with E-state index in [9.17, 15) is 0 Å². The van der Waals surface area contributed by atoms with E-state index in [1.54, 1.807) is 0 Å². The van der Waals surface area contributed by atoms with Crippen molar-refractivity contribution in [3.63, 3.8) is 0 Å². The summed E-state index contributed by atoms with van der Waals surface area (Å²) in [5.41, 5.74) is 0. The Bertz CT molecular complexity index is 289. The van der Waals surface area contributed by atoms with Crippen molar-refractivity contribution in [2.75, 3.05) is 39.3 Å². The zero-order chi connectivity index (χ0) is 15.5. The second kappa shape index (κ2) is 10.9. The Morgan fingerprint density at radius 2 is 2.10 bits per heavy atom. The topological polar surface area (TPSA) is 39.7 Å². The Balaban J connectivity index is 2.39. The van der Waals surface area contributed by atoms with Gasteiger partial charge in [0.05, 0.1) is 0 Å². The maximum atomic E-state index is 4.79. The molecule has 124 valence electrons. The van der Waals surface area contributed by atoms with Crippen LogP contribution in [0.5, 0.6) is 0 Å². The van der Waals surface area contributed by atoms with Crippen LogP contribution in [0.2, 0.25) is 0 Å². The van der Waals surface area contributed by atoms with Gasteiger partial charge in [0, 0.05) is 32.7 Å². The number of piperidine rings is 1. The fraction of sp³-hybridized carbons (Fsp3) is 0.941. The number of nitrogens with zero attached hydrogens (tertiary/aromatic N) is 2. The third-order valence-electron chi connectivity index (χ3n) is 3.90. The minimum absolute atomic E-state index is 0.721. The first-order valence-electron chi connectivity index (χ1n) is 8.90. The molecule has 1 unspecified atom stereocenters. The van der Waals surface area contributed by atoms with E-state index in [4.69, 9.17) is 4.99 Å². The van der Waals surface area contributed by atoms with Gasteiger partial charge < -0.3 is 15.5 Å². The monoisotopic (exact) mass is 296 g/mol. The Hall–Kier alpha value is -0.770. The van der Waals surface area contributed by atoms with Gasteiger partial charge in [0.15, 0.2) is 5.96 Å². The normalized spacial score (nSPS) is 20.8. The molecule has 0 bridgehead atoms. The Morgan fingerprint density at radius 3 is 2.76 bits per heavy atom. The summed E-state index contributed by atoms with van der Waals surface area (Å²) in [5, 5.41) is 6.78. The van der Waals surface area contributed by atoms with Gasteiger partial charge in [-0.25, -0.2) is 0 Å². The summed E-state index contributed by atoms with van der Waals surface area (Å²) in [4.78, 5) is 7.41. The van der Waals surface area contributed by atoms with Crippen LogP contribution in [0.4, 0.5) is 0 Å². The highest BCUT2D eigenvalue weighted by Crippen LogP contribution is 2.17. The number of nitrogens with one attached hydrogen (secondary N) is 2. The highest BCUT2D eigenvalue weighted by molar-refractivity contribution is 5.79. The summed E-state index contributed by atoms with van der Waals surface area (Å²) in [6, 6.07) is 0. The Morgan fingerprint density at radius 1 is 1.29 bits per heavy atom. The average molecular weight is 297 g/mol. The molecule has 0 aliphatic carbocycles. The van der Waals surface area contributed by atoms with Gasteiger partial charge in [-0.05, 0) is 44.6 Å². The van der Waals surface area contributed by atoms with Crippen molar-refractivity contribution in [2.45, 2.75) is 53.4 Å². The first-order chi connectivity index (χ1) is 10.2. The van der Waals surface area contributed by atoms with Crippen LogP contribution in [-0.2, 0) is 0 Å². The lowest BCUT2D eigenvalue weighted by Crippen LogP contribution is -2.40. The zero-order valence-corrected chi connectivity index (χ0v) is 14.6. The lowest BCUT2D eigenvalue weighted by Gasteiger charge is -2.33. The number of hydrogen-bond acceptors (Lipinski definition) is 2. The SMILES string of the molecule is CCCCNC(=NCC1CCCN(CC(C)C)C1)NCC. The summed E-state index contributed by atoms with van der Waals surface area (Å²) < 4.78 is 0. The first-order valence-corrected chi connectivity index (χ1v) is 8.90. The highest BCUT2D eigenvalue weighted by Gasteiger charge is 2.20. The minimum Gasteiger partial charge on any atom is -0.357 e. The molecule has 0 aromatic heterocycles. The predicted molar refractivity (Wildman–Crippen MR) is 92.9 cm³/mol. The molecule has 0 radical (unpaired) electrons. The molecular formula is C17H36N4. The molecule has 0 saturated carbocycles. The highest BCUT2D eigenvalue weighted by atomic mass is 15.2. The summed E-state index contributed by atoms with van der Waals surface area (Å²) >= 11 is 0. The van der Waals surface area contributed by atoms with E-state index >= 15 is 0 Å². The molecule has 1 fully saturated rings. The van der Waals surface area contributed by atoms with Crippen molar-refractivity contribution in [1.82, 2.24) is 15.5 Å². The summed E-state index contributed by atoms with van der Waals surface area (Å²) in [5.74, 6) is 2.48. The van der Waals surface area contributed by atoms with E-state index in [1.165, 1.54) is 45.3 Å². The molecule has 1 aliphatic heterocycles. The van der Waals surface area contributed by atoms with Crippen molar-refractivity contribution < 1.29 is 0 Å². The molecule has 4 heteroatoms. The lowest BCUT2D eigenvalue weighted by molar-refractivity contribution is 0.162. The second-order valence-electron chi connectivity index (χ2n) is 6.66. The smallest absolute Gasteiger partial charge is 0.191 e. The van der Waals surface area contributed by atoms with E-state index in [0.717, 1.165) is 37.4 Å². The van der Waals surface area contributed by atoms with Crippen LogP contribution in [0.3, 0.4) is 0 Å². The molecule has 1 rings (SSSR count). The average Bonchev–Trinajstić information content (AvgIpc) is 2.44. The van der Waals surface area contributed by atoms with Gasteiger partial charge in [-0.2, -0.15) is 0 Å². The quantitative estimate of drug-likeness (QED) is 0.411. The maximum absolute atomic E-state index is 4.79. The van der Waals surface area contributed by atoms with Crippen molar-refractivity contribution in [3.8, 4) is 0 Å². The molecule has 1 saturated heterocycles. The molecule has 1 atom stereocenters. The zero-order valence-electron chi connectivity index (χ0n) is 14.6. The number of aliphatic imine (C=N–C) groups is 1.